The minimum Gasteiger partial charge on any atom is -0.368 e. The topological polar surface area (TPSA) is 54.3 Å². The molecule has 0 spiro atoms. The third-order valence-corrected chi connectivity index (χ3v) is 4.68. The molecule has 0 aliphatic carbocycles. The molecule has 1 saturated heterocycles. The van der Waals surface area contributed by atoms with Crippen LogP contribution in [0.3, 0.4) is 0 Å². The number of nitrogens with zero attached hydrogens (tertiary/aromatic N) is 2. The van der Waals surface area contributed by atoms with Gasteiger partial charge in [-0.1, -0.05) is 23.2 Å². The van der Waals surface area contributed by atoms with E-state index in [1.165, 1.54) is 4.57 Å². The number of pyridine rings is 1. The molecule has 126 valence electrons. The molecule has 0 radical (unpaired) electrons. The fourth-order valence-electron chi connectivity index (χ4n) is 2.87. The van der Waals surface area contributed by atoms with Crippen molar-refractivity contribution >= 4 is 34.8 Å². The standard InChI is InChI=1S/C17H17Cl2N3O2/c1-21-7-2-3-13(17(21)24)16(23)20-12-6-8-22(10-12)15-5-4-11(18)9-14(15)19/h2-5,7,9,12H,6,8,10H2,1H3,(H,20,23). The Bertz CT molecular complexity index is 835. The lowest BCUT2D eigenvalue weighted by Crippen LogP contribution is -2.40. The van der Waals surface area contributed by atoms with Crippen molar-refractivity contribution in [2.75, 3.05) is 18.0 Å². The first kappa shape index (κ1) is 16.9. The van der Waals surface area contributed by atoms with E-state index in [2.05, 4.69) is 10.2 Å². The van der Waals surface area contributed by atoms with E-state index >= 15 is 0 Å². The summed E-state index contributed by atoms with van der Waals surface area (Å²) in [5, 5.41) is 4.11. The van der Waals surface area contributed by atoms with E-state index in [1.54, 1.807) is 37.5 Å². The van der Waals surface area contributed by atoms with Crippen molar-refractivity contribution in [2.24, 2.45) is 7.05 Å². The van der Waals surface area contributed by atoms with Crippen molar-refractivity contribution in [3.05, 3.63) is 62.5 Å². The fourth-order valence-corrected chi connectivity index (χ4v) is 3.40. The maximum absolute atomic E-state index is 12.3. The van der Waals surface area contributed by atoms with Gasteiger partial charge in [-0.2, -0.15) is 0 Å². The molecule has 1 atom stereocenters. The van der Waals surface area contributed by atoms with Gasteiger partial charge in [-0.05, 0) is 36.8 Å². The van der Waals surface area contributed by atoms with Crippen LogP contribution >= 0.6 is 23.2 Å². The largest absolute Gasteiger partial charge is 0.368 e. The lowest BCUT2D eigenvalue weighted by atomic mass is 10.2. The average Bonchev–Trinajstić information content (AvgIpc) is 2.98. The predicted octanol–water partition coefficient (Wildman–Crippen LogP) is 2.70. The van der Waals surface area contributed by atoms with Gasteiger partial charge in [-0.15, -0.1) is 0 Å². The van der Waals surface area contributed by atoms with Crippen molar-refractivity contribution in [1.82, 2.24) is 9.88 Å². The van der Waals surface area contributed by atoms with Gasteiger partial charge in [0.25, 0.3) is 11.5 Å². The number of aromatic nitrogens is 1. The van der Waals surface area contributed by atoms with Gasteiger partial charge < -0.3 is 14.8 Å². The normalized spacial score (nSPS) is 17.1. The highest BCUT2D eigenvalue weighted by molar-refractivity contribution is 6.36. The second-order valence-corrected chi connectivity index (χ2v) is 6.68. The summed E-state index contributed by atoms with van der Waals surface area (Å²) >= 11 is 12.2. The zero-order valence-corrected chi connectivity index (χ0v) is 14.6. The molecule has 2 aromatic rings. The van der Waals surface area contributed by atoms with Crippen LogP contribution in [0, 0.1) is 0 Å². The molecule has 1 aromatic heterocycles. The van der Waals surface area contributed by atoms with Crippen LogP contribution in [-0.4, -0.2) is 29.6 Å². The summed E-state index contributed by atoms with van der Waals surface area (Å²) in [4.78, 5) is 26.5. The minimum absolute atomic E-state index is 0.0332. The lowest BCUT2D eigenvalue weighted by molar-refractivity contribution is 0.0938. The number of carbonyl (C=O) groups is 1. The highest BCUT2D eigenvalue weighted by Crippen LogP contribution is 2.31. The summed E-state index contributed by atoms with van der Waals surface area (Å²) in [5.74, 6) is -0.342. The zero-order valence-electron chi connectivity index (χ0n) is 13.1. The Labute approximate surface area is 149 Å². The first-order chi connectivity index (χ1) is 11.5. The highest BCUT2D eigenvalue weighted by atomic mass is 35.5. The molecule has 0 bridgehead atoms. The smallest absolute Gasteiger partial charge is 0.263 e. The molecule has 1 amide bonds. The average molecular weight is 366 g/mol. The molecule has 1 aliphatic heterocycles. The van der Waals surface area contributed by atoms with Crippen LogP contribution in [0.25, 0.3) is 0 Å². The lowest BCUT2D eigenvalue weighted by Gasteiger charge is -2.20. The van der Waals surface area contributed by atoms with Crippen molar-refractivity contribution in [2.45, 2.75) is 12.5 Å². The molecule has 1 aromatic carbocycles. The first-order valence-electron chi connectivity index (χ1n) is 7.62. The molecule has 0 saturated carbocycles. The molecule has 1 N–H and O–H groups in total. The van der Waals surface area contributed by atoms with Crippen LogP contribution in [0.1, 0.15) is 16.8 Å². The Kier molecular flexibility index (Phi) is 4.83. The van der Waals surface area contributed by atoms with E-state index in [1.807, 2.05) is 6.07 Å². The number of benzene rings is 1. The molecule has 1 unspecified atom stereocenters. The van der Waals surface area contributed by atoms with Crippen molar-refractivity contribution in [1.29, 1.82) is 0 Å². The van der Waals surface area contributed by atoms with Gasteiger partial charge in [0.2, 0.25) is 0 Å². The summed E-state index contributed by atoms with van der Waals surface area (Å²) in [6.07, 6.45) is 2.41. The van der Waals surface area contributed by atoms with Gasteiger partial charge >= 0.3 is 0 Å². The Morgan fingerprint density at radius 3 is 2.83 bits per heavy atom. The van der Waals surface area contributed by atoms with Gasteiger partial charge in [-0.25, -0.2) is 0 Å². The number of hydrogen-bond acceptors (Lipinski definition) is 3. The molecule has 2 heterocycles. The number of carbonyl (C=O) groups excluding carboxylic acids is 1. The number of anilines is 1. The van der Waals surface area contributed by atoms with Crippen LogP contribution in [0.5, 0.6) is 0 Å². The summed E-state index contributed by atoms with van der Waals surface area (Å²) < 4.78 is 1.39. The van der Waals surface area contributed by atoms with Gasteiger partial charge in [-0.3, -0.25) is 9.59 Å². The minimum atomic E-state index is -0.342. The van der Waals surface area contributed by atoms with Gasteiger partial charge in [0.05, 0.1) is 10.7 Å². The van der Waals surface area contributed by atoms with Crippen molar-refractivity contribution in [3.8, 4) is 0 Å². The molecule has 7 heteroatoms. The third-order valence-electron chi connectivity index (χ3n) is 4.14. The summed E-state index contributed by atoms with van der Waals surface area (Å²) in [5.41, 5.74) is 0.752. The van der Waals surface area contributed by atoms with Crippen LogP contribution in [0.4, 0.5) is 5.69 Å². The Morgan fingerprint density at radius 1 is 1.29 bits per heavy atom. The molecule has 1 fully saturated rings. The Balaban J connectivity index is 1.69. The predicted molar refractivity (Wildman–Crippen MR) is 96.2 cm³/mol. The molecular formula is C17H17Cl2N3O2. The van der Waals surface area contributed by atoms with E-state index in [-0.39, 0.29) is 23.1 Å². The van der Waals surface area contributed by atoms with Gasteiger partial charge in [0, 0.05) is 37.4 Å². The van der Waals surface area contributed by atoms with E-state index in [4.69, 9.17) is 23.2 Å². The van der Waals surface area contributed by atoms with E-state index < -0.39 is 0 Å². The highest BCUT2D eigenvalue weighted by Gasteiger charge is 2.26. The summed E-state index contributed by atoms with van der Waals surface area (Å²) in [6.45, 7) is 1.42. The Hall–Kier alpha value is -1.98. The molecule has 24 heavy (non-hydrogen) atoms. The second-order valence-electron chi connectivity index (χ2n) is 5.84. The fraction of sp³-hybridized carbons (Fsp3) is 0.294. The number of amides is 1. The number of aryl methyl sites for hydroxylation is 1. The molecular weight excluding hydrogens is 349 g/mol. The van der Waals surface area contributed by atoms with Gasteiger partial charge in [0.15, 0.2) is 0 Å². The van der Waals surface area contributed by atoms with Gasteiger partial charge in [0.1, 0.15) is 5.56 Å². The van der Waals surface area contributed by atoms with Crippen LogP contribution in [0.2, 0.25) is 10.0 Å². The van der Waals surface area contributed by atoms with Crippen LogP contribution < -0.4 is 15.8 Å². The molecule has 1 aliphatic rings. The summed E-state index contributed by atoms with van der Waals surface area (Å²) in [6, 6.07) is 8.57. The number of halogens is 2. The molecule has 5 nitrogen and oxygen atoms in total. The van der Waals surface area contributed by atoms with E-state index in [0.29, 0.717) is 16.6 Å². The molecule has 3 rings (SSSR count). The maximum Gasteiger partial charge on any atom is 0.263 e. The first-order valence-corrected chi connectivity index (χ1v) is 8.38. The van der Waals surface area contributed by atoms with E-state index in [0.717, 1.165) is 18.7 Å². The summed E-state index contributed by atoms with van der Waals surface area (Å²) in [7, 11) is 1.62. The second kappa shape index (κ2) is 6.87. The van der Waals surface area contributed by atoms with E-state index in [9.17, 15) is 9.59 Å². The monoisotopic (exact) mass is 365 g/mol. The third kappa shape index (κ3) is 3.42. The van der Waals surface area contributed by atoms with Crippen LogP contribution in [0.15, 0.2) is 41.3 Å². The van der Waals surface area contributed by atoms with Crippen molar-refractivity contribution in [3.63, 3.8) is 0 Å². The van der Waals surface area contributed by atoms with Crippen molar-refractivity contribution < 1.29 is 4.79 Å². The van der Waals surface area contributed by atoms with Crippen LogP contribution in [-0.2, 0) is 7.05 Å². The Morgan fingerprint density at radius 2 is 2.08 bits per heavy atom. The maximum atomic E-state index is 12.3. The zero-order chi connectivity index (χ0) is 17.3. The quantitative estimate of drug-likeness (QED) is 0.909. The number of hydrogen-bond donors (Lipinski definition) is 1. The number of nitrogens with one attached hydrogen (secondary N) is 1. The number of rotatable bonds is 3. The SMILES string of the molecule is Cn1cccc(C(=O)NC2CCN(c3ccc(Cl)cc3Cl)C2)c1=O.